The highest BCUT2D eigenvalue weighted by atomic mass is 35.5. The molecule has 2 N–H and O–H groups in total. The lowest BCUT2D eigenvalue weighted by Gasteiger charge is -2.16. The molecule has 1 aliphatic carbocycles. The number of hydrogen-bond acceptors (Lipinski definition) is 3. The zero-order chi connectivity index (χ0) is 19.2. The number of aromatic hydroxyl groups is 1. The van der Waals surface area contributed by atoms with Crippen LogP contribution in [0.15, 0.2) is 18.2 Å². The van der Waals surface area contributed by atoms with E-state index < -0.39 is 28.8 Å². The first-order valence-corrected chi connectivity index (χ1v) is 8.49. The number of nitrogens with zero attached hydrogens (tertiary/aromatic N) is 2. The molecule has 5 nitrogen and oxygen atoms in total. The average Bonchev–Trinajstić information content (AvgIpc) is 3.31. The summed E-state index contributed by atoms with van der Waals surface area (Å²) >= 11 is 11.7. The Hall–Kier alpha value is -1.93. The summed E-state index contributed by atoms with van der Waals surface area (Å²) in [5.74, 6) is -1.02. The number of nitrogens with one attached hydrogen (secondary N) is 1. The normalized spacial score (nSPS) is 15.8. The molecule has 1 aromatic carbocycles. The molecule has 0 radical (unpaired) electrons. The van der Waals surface area contributed by atoms with Crippen LogP contribution < -0.4 is 5.32 Å². The van der Waals surface area contributed by atoms with Gasteiger partial charge in [-0.05, 0) is 38.0 Å². The van der Waals surface area contributed by atoms with Crippen LogP contribution in [0.25, 0.3) is 0 Å². The molecule has 1 atom stereocenters. The summed E-state index contributed by atoms with van der Waals surface area (Å²) in [5, 5.41) is 15.6. The number of phenolic OH excluding ortho intramolecular Hbond substituents is 1. The van der Waals surface area contributed by atoms with Crippen molar-refractivity contribution in [2.24, 2.45) is 0 Å². The first-order chi connectivity index (χ1) is 12.1. The van der Waals surface area contributed by atoms with Crippen molar-refractivity contribution in [1.29, 1.82) is 0 Å². The van der Waals surface area contributed by atoms with Crippen molar-refractivity contribution in [2.75, 3.05) is 5.32 Å². The standard InChI is InChI=1S/C16H14Cl2F3N3O2/c1-7(15(26)22-10-6-9(17)4-5-11(10)25)24-13(8-2-3-8)12(18)14(23-24)16(19,20)21/h4-8,25H,2-3H2,1H3,(H,22,26). The van der Waals surface area contributed by atoms with E-state index in [1.807, 2.05) is 0 Å². The second-order valence-electron chi connectivity index (χ2n) is 6.09. The molecule has 0 bridgehead atoms. The van der Waals surface area contributed by atoms with Crippen LogP contribution in [0.4, 0.5) is 18.9 Å². The summed E-state index contributed by atoms with van der Waals surface area (Å²) in [5.41, 5.74) is -0.945. The zero-order valence-corrected chi connectivity index (χ0v) is 15.0. The molecule has 3 rings (SSSR count). The number of aromatic nitrogens is 2. The Balaban J connectivity index is 1.93. The number of carbonyl (C=O) groups is 1. The Morgan fingerprint density at radius 1 is 1.38 bits per heavy atom. The SMILES string of the molecule is CC(C(=O)Nc1cc(Cl)ccc1O)n1nc(C(F)(F)F)c(Cl)c1C1CC1. The lowest BCUT2D eigenvalue weighted by molar-refractivity contribution is -0.141. The molecule has 26 heavy (non-hydrogen) atoms. The van der Waals surface area contributed by atoms with Gasteiger partial charge in [0.05, 0.1) is 16.4 Å². The smallest absolute Gasteiger partial charge is 0.436 e. The van der Waals surface area contributed by atoms with Crippen LogP contribution in [-0.2, 0) is 11.0 Å². The summed E-state index contributed by atoms with van der Waals surface area (Å²) in [7, 11) is 0. The second-order valence-corrected chi connectivity index (χ2v) is 6.91. The van der Waals surface area contributed by atoms with Gasteiger partial charge in [-0.25, -0.2) is 0 Å². The molecule has 2 aromatic rings. The second kappa shape index (κ2) is 6.66. The maximum atomic E-state index is 13.1. The summed E-state index contributed by atoms with van der Waals surface area (Å²) < 4.78 is 40.4. The number of anilines is 1. The highest BCUT2D eigenvalue weighted by Gasteiger charge is 2.43. The molecule has 1 aliphatic rings. The van der Waals surface area contributed by atoms with E-state index in [-0.39, 0.29) is 28.1 Å². The van der Waals surface area contributed by atoms with Gasteiger partial charge in [0.25, 0.3) is 0 Å². The lowest BCUT2D eigenvalue weighted by atomic mass is 10.2. The molecule has 0 spiro atoms. The molecule has 0 aliphatic heterocycles. The third-order valence-corrected chi connectivity index (χ3v) is 4.69. The highest BCUT2D eigenvalue weighted by molar-refractivity contribution is 6.32. The molecule has 1 amide bonds. The Morgan fingerprint density at radius 2 is 2.04 bits per heavy atom. The van der Waals surface area contributed by atoms with Crippen LogP contribution in [0.1, 0.15) is 43.1 Å². The molecule has 1 heterocycles. The van der Waals surface area contributed by atoms with Crippen molar-refractivity contribution >= 4 is 34.8 Å². The van der Waals surface area contributed by atoms with E-state index in [0.717, 1.165) is 4.68 Å². The third-order valence-electron chi connectivity index (χ3n) is 4.08. The third kappa shape index (κ3) is 3.61. The number of hydrogen-bond donors (Lipinski definition) is 2. The summed E-state index contributed by atoms with van der Waals surface area (Å²) in [6.07, 6.45) is -3.34. The Labute approximate surface area is 156 Å². The molecule has 1 saturated carbocycles. The Bertz CT molecular complexity index is 863. The molecular weight excluding hydrogens is 394 g/mol. The Morgan fingerprint density at radius 3 is 2.62 bits per heavy atom. The van der Waals surface area contributed by atoms with Gasteiger partial charge in [0, 0.05) is 10.9 Å². The van der Waals surface area contributed by atoms with Crippen LogP contribution in [0, 0.1) is 0 Å². The molecule has 10 heteroatoms. The fraction of sp³-hybridized carbons (Fsp3) is 0.375. The Kier molecular flexibility index (Phi) is 4.83. The van der Waals surface area contributed by atoms with Crippen molar-refractivity contribution in [3.8, 4) is 5.75 Å². The van der Waals surface area contributed by atoms with E-state index >= 15 is 0 Å². The number of carbonyl (C=O) groups excluding carboxylic acids is 1. The fourth-order valence-electron chi connectivity index (χ4n) is 2.58. The van der Waals surface area contributed by atoms with Crippen molar-refractivity contribution < 1.29 is 23.1 Å². The minimum absolute atomic E-state index is 0.0524. The molecule has 0 saturated heterocycles. The van der Waals surface area contributed by atoms with Crippen LogP contribution in [-0.4, -0.2) is 20.8 Å². The van der Waals surface area contributed by atoms with E-state index in [9.17, 15) is 23.1 Å². The predicted molar refractivity (Wildman–Crippen MR) is 90.7 cm³/mol. The van der Waals surface area contributed by atoms with Crippen molar-refractivity contribution in [3.05, 3.63) is 39.6 Å². The monoisotopic (exact) mass is 407 g/mol. The summed E-state index contributed by atoms with van der Waals surface area (Å²) in [6, 6.07) is 2.99. The molecular formula is C16H14Cl2F3N3O2. The first-order valence-electron chi connectivity index (χ1n) is 7.74. The quantitative estimate of drug-likeness (QED) is 0.701. The van der Waals surface area contributed by atoms with Gasteiger partial charge < -0.3 is 10.4 Å². The number of amides is 1. The van der Waals surface area contributed by atoms with Gasteiger partial charge in [-0.1, -0.05) is 23.2 Å². The number of alkyl halides is 3. The van der Waals surface area contributed by atoms with Gasteiger partial charge >= 0.3 is 6.18 Å². The summed E-state index contributed by atoms with van der Waals surface area (Å²) in [6.45, 7) is 1.41. The fourth-order valence-corrected chi connectivity index (χ4v) is 3.14. The van der Waals surface area contributed by atoms with Gasteiger partial charge in [0.1, 0.15) is 11.8 Å². The van der Waals surface area contributed by atoms with Crippen LogP contribution in [0.5, 0.6) is 5.75 Å². The topological polar surface area (TPSA) is 67.2 Å². The maximum Gasteiger partial charge on any atom is 0.436 e. The molecule has 140 valence electrons. The van der Waals surface area contributed by atoms with Gasteiger partial charge in [0.15, 0.2) is 5.69 Å². The van der Waals surface area contributed by atoms with E-state index in [0.29, 0.717) is 12.8 Å². The zero-order valence-electron chi connectivity index (χ0n) is 13.4. The van der Waals surface area contributed by atoms with Gasteiger partial charge in [-0.3, -0.25) is 9.48 Å². The number of halogens is 5. The maximum absolute atomic E-state index is 13.1. The van der Waals surface area contributed by atoms with Crippen LogP contribution in [0.2, 0.25) is 10.0 Å². The van der Waals surface area contributed by atoms with Crippen molar-refractivity contribution in [3.63, 3.8) is 0 Å². The van der Waals surface area contributed by atoms with Crippen LogP contribution >= 0.6 is 23.2 Å². The van der Waals surface area contributed by atoms with Crippen molar-refractivity contribution in [1.82, 2.24) is 9.78 Å². The van der Waals surface area contributed by atoms with Crippen molar-refractivity contribution in [2.45, 2.75) is 37.9 Å². The molecule has 1 fully saturated rings. The van der Waals surface area contributed by atoms with E-state index in [1.54, 1.807) is 0 Å². The number of phenols is 1. The summed E-state index contributed by atoms with van der Waals surface area (Å²) in [4.78, 5) is 12.5. The minimum Gasteiger partial charge on any atom is -0.506 e. The van der Waals surface area contributed by atoms with Gasteiger partial charge in [-0.15, -0.1) is 0 Å². The minimum atomic E-state index is -4.71. The predicted octanol–water partition coefficient (Wildman–Crippen LogP) is 4.99. The molecule has 1 aromatic heterocycles. The average molecular weight is 408 g/mol. The van der Waals surface area contributed by atoms with E-state index in [1.165, 1.54) is 25.1 Å². The first kappa shape index (κ1) is 18.8. The lowest BCUT2D eigenvalue weighted by Crippen LogP contribution is -2.26. The largest absolute Gasteiger partial charge is 0.506 e. The van der Waals surface area contributed by atoms with Gasteiger partial charge in [0.2, 0.25) is 5.91 Å². The van der Waals surface area contributed by atoms with E-state index in [4.69, 9.17) is 23.2 Å². The molecule has 1 unspecified atom stereocenters. The number of benzene rings is 1. The number of rotatable bonds is 4. The van der Waals surface area contributed by atoms with Crippen LogP contribution in [0.3, 0.4) is 0 Å². The van der Waals surface area contributed by atoms with E-state index in [2.05, 4.69) is 10.4 Å². The van der Waals surface area contributed by atoms with Gasteiger partial charge in [-0.2, -0.15) is 18.3 Å². The highest BCUT2D eigenvalue weighted by Crippen LogP contribution is 2.47.